The number of ether oxygens (including phenoxy) is 1. The average Bonchev–Trinajstić information content (AvgIpc) is 3.30. The number of cyclic esters (lactones) is 1. The number of rotatable bonds is 6. The number of carboxylic acid groups (broad SMARTS) is 1. The molecule has 0 aliphatic carbocycles. The van der Waals surface area contributed by atoms with Crippen molar-refractivity contribution in [2.45, 2.75) is 35.3 Å². The van der Waals surface area contributed by atoms with Crippen LogP contribution in [0.5, 0.6) is 0 Å². The van der Waals surface area contributed by atoms with Crippen molar-refractivity contribution in [1.29, 1.82) is 0 Å². The summed E-state index contributed by atoms with van der Waals surface area (Å²) in [5.74, 6) is -3.82. The van der Waals surface area contributed by atoms with Crippen LogP contribution in [0.3, 0.4) is 0 Å². The number of nitrogens with zero attached hydrogens (tertiary/aromatic N) is 2. The van der Waals surface area contributed by atoms with Gasteiger partial charge in [0.15, 0.2) is 0 Å². The predicted octanol–water partition coefficient (Wildman–Crippen LogP) is -2.26. The normalized spacial score (nSPS) is 24.2. The van der Waals surface area contributed by atoms with Crippen LogP contribution >= 0.6 is 11.8 Å². The fourth-order valence-corrected chi connectivity index (χ4v) is 5.08. The molecule has 2 heterocycles. The number of amides is 2. The average molecular weight is 478 g/mol. The molecule has 0 N–H and O–H groups in total. The van der Waals surface area contributed by atoms with Gasteiger partial charge in [-0.05, 0) is 24.3 Å². The second-order valence-corrected chi connectivity index (χ2v) is 8.53. The zero-order valence-electron chi connectivity index (χ0n) is 18.0. The smallest absolute Gasteiger partial charge is 0.544 e. The van der Waals surface area contributed by atoms with Gasteiger partial charge in [-0.15, -0.1) is 11.8 Å². The first-order chi connectivity index (χ1) is 15.3. The number of benzene rings is 2. The Labute approximate surface area is 216 Å². The minimum absolute atomic E-state index is 0. The van der Waals surface area contributed by atoms with Crippen molar-refractivity contribution >= 4 is 41.2 Å². The zero-order valence-corrected chi connectivity index (χ0v) is 20.8. The summed E-state index contributed by atoms with van der Waals surface area (Å²) in [6, 6.07) is 16.1. The molecule has 2 unspecified atom stereocenters. The van der Waals surface area contributed by atoms with Gasteiger partial charge >= 0.3 is 35.5 Å². The molecule has 166 valence electrons. The molecule has 0 radical (unpaired) electrons. The summed E-state index contributed by atoms with van der Waals surface area (Å²) in [6.45, 7) is 0.990. The molecule has 0 saturated carbocycles. The summed E-state index contributed by atoms with van der Waals surface area (Å²) in [5.41, 5.74) is -2.02. The van der Waals surface area contributed by atoms with Crippen molar-refractivity contribution in [3.8, 4) is 0 Å². The number of para-hydroxylation sites is 1. The van der Waals surface area contributed by atoms with Crippen molar-refractivity contribution in [1.82, 2.24) is 5.06 Å². The van der Waals surface area contributed by atoms with Crippen LogP contribution < -0.4 is 39.6 Å². The summed E-state index contributed by atoms with van der Waals surface area (Å²) >= 11 is 1.07. The van der Waals surface area contributed by atoms with E-state index in [0.717, 1.165) is 11.8 Å². The Morgan fingerprint density at radius 3 is 2.27 bits per heavy atom. The molecular weight excluding hydrogens is 459 g/mol. The van der Waals surface area contributed by atoms with Gasteiger partial charge in [0.2, 0.25) is 5.91 Å². The number of carbonyl (C=O) groups excluding carboxylic acids is 4. The molecule has 2 aromatic rings. The molecule has 9 nitrogen and oxygen atoms in total. The monoisotopic (exact) mass is 478 g/mol. The zero-order chi connectivity index (χ0) is 22.9. The quantitative estimate of drug-likeness (QED) is 0.338. The Morgan fingerprint density at radius 2 is 1.70 bits per heavy atom. The number of carbonyl (C=O) groups is 4. The molecule has 11 heteroatoms. The van der Waals surface area contributed by atoms with Crippen LogP contribution in [0.4, 0.5) is 5.69 Å². The molecule has 0 aromatic heterocycles. The third-order valence-electron chi connectivity index (χ3n) is 5.21. The molecular formula is C22H19N2NaO7S. The minimum Gasteiger partial charge on any atom is -0.544 e. The number of anilines is 1. The van der Waals surface area contributed by atoms with Crippen LogP contribution in [0.2, 0.25) is 0 Å². The van der Waals surface area contributed by atoms with E-state index in [2.05, 4.69) is 0 Å². The van der Waals surface area contributed by atoms with E-state index >= 15 is 0 Å². The molecule has 2 saturated heterocycles. The van der Waals surface area contributed by atoms with Crippen molar-refractivity contribution in [2.24, 2.45) is 0 Å². The van der Waals surface area contributed by atoms with Gasteiger partial charge in [-0.2, -0.15) is 5.06 Å². The first-order valence-electron chi connectivity index (χ1n) is 9.81. The number of aliphatic carboxylic acids is 1. The Kier molecular flexibility index (Phi) is 7.86. The molecule has 2 aliphatic rings. The predicted molar refractivity (Wildman–Crippen MR) is 111 cm³/mol. The summed E-state index contributed by atoms with van der Waals surface area (Å²) in [7, 11) is 0. The van der Waals surface area contributed by atoms with Crippen LogP contribution in [-0.2, 0) is 28.8 Å². The minimum atomic E-state index is -2.47. The fourth-order valence-electron chi connectivity index (χ4n) is 3.81. The number of hydrogen-bond acceptors (Lipinski definition) is 8. The number of hydrogen-bond donors (Lipinski definition) is 0. The van der Waals surface area contributed by atoms with Gasteiger partial charge in [0.1, 0.15) is 18.6 Å². The van der Waals surface area contributed by atoms with Gasteiger partial charge in [-0.3, -0.25) is 24.1 Å². The van der Waals surface area contributed by atoms with E-state index in [-0.39, 0.29) is 42.6 Å². The molecule has 2 fully saturated rings. The summed E-state index contributed by atoms with van der Waals surface area (Å²) in [4.78, 5) is 57.6. The molecule has 2 aliphatic heterocycles. The number of hydroxylamine groups is 2. The van der Waals surface area contributed by atoms with Gasteiger partial charge in [-0.1, -0.05) is 36.4 Å². The molecule has 0 bridgehead atoms. The van der Waals surface area contributed by atoms with Crippen LogP contribution in [-0.4, -0.2) is 52.4 Å². The third-order valence-corrected chi connectivity index (χ3v) is 6.52. The standard InChI is InChI=1S/C22H20N2O7S.Na/c1-14(25)23(15-8-4-2-5-9-15)17-13-30-24(20(17)27)22(21(28)29)18(12-19(26)31-22)32-16-10-6-3-7-11-16;/h2-11,17-18H,12-13H2,1H3,(H,28,29);/q;+1/p-1/t17-,18?,22?;/m0./s1. The van der Waals surface area contributed by atoms with E-state index < -0.39 is 40.8 Å². The topological polar surface area (TPSA) is 116 Å². The number of thioether (sulfide) groups is 1. The van der Waals surface area contributed by atoms with Gasteiger partial charge in [0.05, 0.1) is 11.7 Å². The summed E-state index contributed by atoms with van der Waals surface area (Å²) in [5, 5.41) is 11.9. The SMILES string of the molecule is CC(=O)N(c1ccccc1)[C@H]1CON(C2(C(=O)[O-])OC(=O)CC2Sc2ccccc2)C1=O.[Na+]. The molecule has 0 spiro atoms. The largest absolute Gasteiger partial charge is 1.00 e. The summed E-state index contributed by atoms with van der Waals surface area (Å²) in [6.07, 6.45) is -0.263. The van der Waals surface area contributed by atoms with Gasteiger partial charge < -0.3 is 14.6 Å². The molecule has 3 atom stereocenters. The second kappa shape index (κ2) is 10.3. The van der Waals surface area contributed by atoms with Crippen molar-refractivity contribution in [2.75, 3.05) is 11.5 Å². The Morgan fingerprint density at radius 1 is 1.09 bits per heavy atom. The van der Waals surface area contributed by atoms with Crippen LogP contribution in [0.1, 0.15) is 13.3 Å². The molecule has 4 rings (SSSR count). The number of carboxylic acids is 1. The maximum Gasteiger partial charge on any atom is 1.00 e. The molecule has 2 aromatic carbocycles. The Hall–Kier alpha value is -2.37. The maximum absolute atomic E-state index is 13.3. The maximum atomic E-state index is 13.3. The Balaban J connectivity index is 0.00000306. The van der Waals surface area contributed by atoms with Crippen molar-refractivity contribution in [3.63, 3.8) is 0 Å². The fraction of sp³-hybridized carbons (Fsp3) is 0.273. The van der Waals surface area contributed by atoms with E-state index in [9.17, 15) is 24.3 Å². The summed E-state index contributed by atoms with van der Waals surface area (Å²) < 4.78 is 5.20. The van der Waals surface area contributed by atoms with E-state index in [1.54, 1.807) is 60.7 Å². The molecule has 33 heavy (non-hydrogen) atoms. The van der Waals surface area contributed by atoms with Gasteiger partial charge in [-0.25, -0.2) is 0 Å². The van der Waals surface area contributed by atoms with Crippen LogP contribution in [0.25, 0.3) is 0 Å². The Bertz CT molecular complexity index is 1060. The first-order valence-corrected chi connectivity index (χ1v) is 10.7. The molecule has 2 amide bonds. The van der Waals surface area contributed by atoms with Crippen molar-refractivity contribution < 1.29 is 63.4 Å². The second-order valence-electron chi connectivity index (χ2n) is 7.25. The van der Waals surface area contributed by atoms with Crippen LogP contribution in [0.15, 0.2) is 65.6 Å². The van der Waals surface area contributed by atoms with E-state index in [0.29, 0.717) is 15.6 Å². The van der Waals surface area contributed by atoms with Gasteiger partial charge in [0, 0.05) is 17.5 Å². The first kappa shape index (κ1) is 25.3. The van der Waals surface area contributed by atoms with Crippen molar-refractivity contribution in [3.05, 3.63) is 60.7 Å². The van der Waals surface area contributed by atoms with Gasteiger partial charge in [0.25, 0.3) is 11.6 Å². The van der Waals surface area contributed by atoms with E-state index in [1.165, 1.54) is 11.8 Å². The number of esters is 1. The van der Waals surface area contributed by atoms with E-state index in [1.807, 2.05) is 0 Å². The van der Waals surface area contributed by atoms with Crippen LogP contribution in [0, 0.1) is 0 Å². The third kappa shape index (κ3) is 4.67. The van der Waals surface area contributed by atoms with E-state index in [4.69, 9.17) is 9.57 Å².